The fourth-order valence-corrected chi connectivity index (χ4v) is 4.70. The largest absolute Gasteiger partial charge is 0.407 e. The van der Waals surface area contributed by atoms with Crippen LogP contribution in [0.3, 0.4) is 0 Å². The summed E-state index contributed by atoms with van der Waals surface area (Å²) >= 11 is 1.48. The molecule has 2 aromatic carbocycles. The van der Waals surface area contributed by atoms with E-state index in [1.165, 1.54) is 23.6 Å². The Kier molecular flexibility index (Phi) is 7.45. The zero-order valence-corrected chi connectivity index (χ0v) is 19.4. The maximum absolute atomic E-state index is 13.6. The monoisotopic (exact) mass is 522 g/mol. The maximum atomic E-state index is 13.6. The second-order valence-corrected chi connectivity index (χ2v) is 8.90. The summed E-state index contributed by atoms with van der Waals surface area (Å²) in [6, 6.07) is 7.23. The lowest BCUT2D eigenvalue weighted by atomic mass is 9.76. The van der Waals surface area contributed by atoms with Gasteiger partial charge in [0.15, 0.2) is 5.41 Å². The Morgan fingerprint density at radius 3 is 2.11 bits per heavy atom. The van der Waals surface area contributed by atoms with Gasteiger partial charge in [0, 0.05) is 30.5 Å². The molecule has 35 heavy (non-hydrogen) atoms. The summed E-state index contributed by atoms with van der Waals surface area (Å²) in [6.45, 7) is -0.369. The van der Waals surface area contributed by atoms with Crippen molar-refractivity contribution in [3.05, 3.63) is 59.2 Å². The fraction of sp³-hybridized carbons (Fsp3) is 0.391. The standard InChI is InChI=1S/C23H21F7N2O2S/c1-13(33)32-12-14-11-17(35-2)7-8-18(14)19(32)20(34)31-16-5-3-15(4-6-16)21(9-10-24,22(25,26)27)23(28,29)30/h3-8,11,19H,9-10,12H2,1-2H3,(H,31,34). The van der Waals surface area contributed by atoms with Crippen molar-refractivity contribution in [3.8, 4) is 0 Å². The van der Waals surface area contributed by atoms with Crippen LogP contribution in [-0.4, -0.2) is 42.0 Å². The van der Waals surface area contributed by atoms with Crippen LogP contribution in [0.2, 0.25) is 0 Å². The molecular weight excluding hydrogens is 501 g/mol. The van der Waals surface area contributed by atoms with Crippen LogP contribution in [0.15, 0.2) is 47.4 Å². The lowest BCUT2D eigenvalue weighted by Crippen LogP contribution is -2.54. The molecule has 1 heterocycles. The van der Waals surface area contributed by atoms with Crippen LogP contribution in [0.4, 0.5) is 36.4 Å². The first-order valence-electron chi connectivity index (χ1n) is 10.3. The molecule has 0 fully saturated rings. The minimum Gasteiger partial charge on any atom is -0.324 e. The van der Waals surface area contributed by atoms with Crippen molar-refractivity contribution in [1.82, 2.24) is 4.90 Å². The number of alkyl halides is 7. The maximum Gasteiger partial charge on any atom is 0.407 e. The van der Waals surface area contributed by atoms with Crippen LogP contribution >= 0.6 is 11.8 Å². The van der Waals surface area contributed by atoms with Crippen LogP contribution in [0.5, 0.6) is 0 Å². The van der Waals surface area contributed by atoms with E-state index in [2.05, 4.69) is 5.32 Å². The average molecular weight is 522 g/mol. The number of carbonyl (C=O) groups excluding carboxylic acids is 2. The molecular formula is C23H21F7N2O2S. The van der Waals surface area contributed by atoms with Crippen molar-refractivity contribution in [2.45, 2.75) is 48.6 Å². The fourth-order valence-electron chi connectivity index (χ4n) is 4.24. The van der Waals surface area contributed by atoms with Crippen LogP contribution in [0.25, 0.3) is 0 Å². The molecule has 0 aromatic heterocycles. The molecule has 2 amide bonds. The molecule has 1 atom stereocenters. The van der Waals surface area contributed by atoms with Crippen molar-refractivity contribution in [1.29, 1.82) is 0 Å². The van der Waals surface area contributed by atoms with Gasteiger partial charge in [0.1, 0.15) is 6.04 Å². The third-order valence-electron chi connectivity index (χ3n) is 6.03. The number of hydrogen-bond donors (Lipinski definition) is 1. The number of hydrogen-bond acceptors (Lipinski definition) is 3. The molecule has 0 saturated carbocycles. The predicted octanol–water partition coefficient (Wildman–Crippen LogP) is 6.17. The second-order valence-electron chi connectivity index (χ2n) is 8.02. The van der Waals surface area contributed by atoms with E-state index in [0.29, 0.717) is 17.7 Å². The average Bonchev–Trinajstić information content (AvgIpc) is 3.15. The van der Waals surface area contributed by atoms with E-state index >= 15 is 0 Å². The number of fused-ring (bicyclic) bond motifs is 1. The number of thioether (sulfide) groups is 1. The number of rotatable bonds is 6. The van der Waals surface area contributed by atoms with Gasteiger partial charge in [-0.1, -0.05) is 18.2 Å². The Hall–Kier alpha value is -2.76. The van der Waals surface area contributed by atoms with Gasteiger partial charge >= 0.3 is 12.4 Å². The first-order chi connectivity index (χ1) is 16.3. The van der Waals surface area contributed by atoms with Crippen LogP contribution in [0, 0.1) is 0 Å². The Bertz CT molecular complexity index is 1090. The second kappa shape index (κ2) is 9.71. The van der Waals surface area contributed by atoms with Gasteiger partial charge in [0.25, 0.3) is 5.91 Å². The molecule has 1 unspecified atom stereocenters. The number of nitrogens with zero attached hydrogens (tertiary/aromatic N) is 1. The van der Waals surface area contributed by atoms with E-state index in [1.807, 2.05) is 12.3 Å². The van der Waals surface area contributed by atoms with E-state index < -0.39 is 48.4 Å². The Morgan fingerprint density at radius 1 is 1.03 bits per heavy atom. The molecule has 0 saturated heterocycles. The van der Waals surface area contributed by atoms with Crippen LogP contribution < -0.4 is 5.32 Å². The van der Waals surface area contributed by atoms with E-state index in [1.54, 1.807) is 12.1 Å². The molecule has 1 aliphatic heterocycles. The molecule has 12 heteroatoms. The highest BCUT2D eigenvalue weighted by Gasteiger charge is 2.71. The molecule has 4 nitrogen and oxygen atoms in total. The summed E-state index contributed by atoms with van der Waals surface area (Å²) in [5.41, 5.74) is -4.32. The highest BCUT2D eigenvalue weighted by Crippen LogP contribution is 2.54. The lowest BCUT2D eigenvalue weighted by Gasteiger charge is -2.37. The van der Waals surface area contributed by atoms with Crippen molar-refractivity contribution in [2.75, 3.05) is 18.2 Å². The summed E-state index contributed by atoms with van der Waals surface area (Å²) in [5, 5.41) is 2.45. The molecule has 1 aliphatic rings. The van der Waals surface area contributed by atoms with Gasteiger partial charge in [-0.05, 0) is 47.2 Å². The highest BCUT2D eigenvalue weighted by atomic mass is 32.2. The number of benzene rings is 2. The van der Waals surface area contributed by atoms with Gasteiger partial charge in [0.2, 0.25) is 5.91 Å². The summed E-state index contributed by atoms with van der Waals surface area (Å²) in [7, 11) is 0. The molecule has 3 rings (SSSR count). The predicted molar refractivity (Wildman–Crippen MR) is 117 cm³/mol. The van der Waals surface area contributed by atoms with Crippen molar-refractivity contribution >= 4 is 29.3 Å². The van der Waals surface area contributed by atoms with E-state index in [9.17, 15) is 40.3 Å². The third-order valence-corrected chi connectivity index (χ3v) is 6.76. The van der Waals surface area contributed by atoms with Crippen LogP contribution in [0.1, 0.15) is 36.1 Å². The van der Waals surface area contributed by atoms with E-state index in [0.717, 1.165) is 22.6 Å². The SMILES string of the molecule is CSc1ccc2c(c1)CN(C(C)=O)C2C(=O)Nc1ccc(C(CCF)(C(F)(F)F)C(F)(F)F)cc1. The van der Waals surface area contributed by atoms with Gasteiger partial charge in [0.05, 0.1) is 6.67 Å². The zero-order valence-electron chi connectivity index (χ0n) is 18.6. The van der Waals surface area contributed by atoms with Gasteiger partial charge in [-0.2, -0.15) is 26.3 Å². The molecule has 0 radical (unpaired) electrons. The topological polar surface area (TPSA) is 49.4 Å². The van der Waals surface area contributed by atoms with Crippen LogP contribution in [-0.2, 0) is 21.5 Å². The zero-order chi connectivity index (χ0) is 26.2. The first kappa shape index (κ1) is 26.8. The number of halogens is 7. The number of nitrogens with one attached hydrogen (secondary N) is 1. The molecule has 0 spiro atoms. The number of anilines is 1. The van der Waals surface area contributed by atoms with Gasteiger partial charge in [-0.25, -0.2) is 0 Å². The molecule has 0 aliphatic carbocycles. The quantitative estimate of drug-likeness (QED) is 0.365. The Morgan fingerprint density at radius 2 is 1.63 bits per heavy atom. The summed E-state index contributed by atoms with van der Waals surface area (Å²) in [5.74, 6) is -1.06. The van der Waals surface area contributed by atoms with Crippen molar-refractivity contribution < 1.29 is 40.3 Å². The van der Waals surface area contributed by atoms with E-state index in [-0.39, 0.29) is 18.1 Å². The smallest absolute Gasteiger partial charge is 0.324 e. The summed E-state index contributed by atoms with van der Waals surface area (Å²) in [4.78, 5) is 27.4. The normalized spacial score (nSPS) is 16.3. The van der Waals surface area contributed by atoms with Crippen molar-refractivity contribution in [2.24, 2.45) is 0 Å². The van der Waals surface area contributed by atoms with E-state index in [4.69, 9.17) is 0 Å². The molecule has 190 valence electrons. The van der Waals surface area contributed by atoms with Gasteiger partial charge in [-0.3, -0.25) is 14.0 Å². The summed E-state index contributed by atoms with van der Waals surface area (Å²) in [6.07, 6.45) is -11.6. The molecule has 0 bridgehead atoms. The minimum absolute atomic E-state index is 0.0741. The van der Waals surface area contributed by atoms with Crippen molar-refractivity contribution in [3.63, 3.8) is 0 Å². The van der Waals surface area contributed by atoms with Gasteiger partial charge < -0.3 is 10.2 Å². The molecule has 1 N–H and O–H groups in total. The highest BCUT2D eigenvalue weighted by molar-refractivity contribution is 7.98. The number of carbonyl (C=O) groups is 2. The number of amides is 2. The third kappa shape index (κ3) is 4.85. The Labute approximate surface area is 200 Å². The van der Waals surface area contributed by atoms with Gasteiger partial charge in [-0.15, -0.1) is 11.8 Å². The lowest BCUT2D eigenvalue weighted by molar-refractivity contribution is -0.306. The minimum atomic E-state index is -5.80. The molecule has 2 aromatic rings. The summed E-state index contributed by atoms with van der Waals surface area (Å²) < 4.78 is 94.3. The first-order valence-corrected chi connectivity index (χ1v) is 11.5. The Balaban J connectivity index is 1.92.